The predicted molar refractivity (Wildman–Crippen MR) is 125 cm³/mol. The normalized spacial score (nSPS) is 19.2. The summed E-state index contributed by atoms with van der Waals surface area (Å²) in [5, 5.41) is 40.2. The van der Waals surface area contributed by atoms with Gasteiger partial charge in [0, 0.05) is 19.0 Å². The number of aromatic hydroxyl groups is 2. The van der Waals surface area contributed by atoms with Crippen LogP contribution in [0.1, 0.15) is 43.0 Å². The fraction of sp³-hybridized carbons (Fsp3) is 0.440. The first-order chi connectivity index (χ1) is 16.0. The molecule has 0 aromatic heterocycles. The average molecular weight is 473 g/mol. The topological polar surface area (TPSA) is 140 Å². The van der Waals surface area contributed by atoms with E-state index in [1.807, 2.05) is 6.07 Å². The van der Waals surface area contributed by atoms with Crippen LogP contribution in [0.3, 0.4) is 0 Å². The maximum atomic E-state index is 12.2. The van der Waals surface area contributed by atoms with Crippen molar-refractivity contribution in [3.63, 3.8) is 0 Å². The van der Waals surface area contributed by atoms with Crippen LogP contribution in [0.4, 0.5) is 4.79 Å². The second-order valence-electron chi connectivity index (χ2n) is 9.54. The van der Waals surface area contributed by atoms with Crippen LogP contribution in [0, 0.1) is 0 Å². The summed E-state index contributed by atoms with van der Waals surface area (Å²) in [5.74, 6) is -0.672. The summed E-state index contributed by atoms with van der Waals surface area (Å²) in [6.45, 7) is 6.18. The first-order valence-electron chi connectivity index (χ1n) is 11.1. The third kappa shape index (κ3) is 6.39. The van der Waals surface area contributed by atoms with E-state index in [4.69, 9.17) is 9.84 Å². The number of nitrogens with one attached hydrogen (secondary N) is 1. The van der Waals surface area contributed by atoms with Gasteiger partial charge in [0.2, 0.25) is 0 Å². The summed E-state index contributed by atoms with van der Waals surface area (Å²) >= 11 is 0. The predicted octanol–water partition coefficient (Wildman–Crippen LogP) is 2.54. The zero-order valence-corrected chi connectivity index (χ0v) is 19.6. The van der Waals surface area contributed by atoms with E-state index in [0.29, 0.717) is 5.75 Å². The third-order valence-electron chi connectivity index (χ3n) is 5.69. The van der Waals surface area contributed by atoms with E-state index < -0.39 is 23.7 Å². The molecule has 0 saturated heterocycles. The summed E-state index contributed by atoms with van der Waals surface area (Å²) in [5.41, 5.74) is 3.21. The van der Waals surface area contributed by atoms with Gasteiger partial charge in [0.15, 0.2) is 0 Å². The molecule has 2 unspecified atom stereocenters. The van der Waals surface area contributed by atoms with Gasteiger partial charge < -0.3 is 30.5 Å². The minimum absolute atomic E-state index is 0.0895. The number of fused-ring (bicyclic) bond motifs is 2. The van der Waals surface area contributed by atoms with Crippen molar-refractivity contribution in [2.24, 2.45) is 0 Å². The third-order valence-corrected chi connectivity index (χ3v) is 5.69. The number of benzene rings is 2. The Kier molecular flexibility index (Phi) is 7.68. The molecule has 0 fully saturated rings. The van der Waals surface area contributed by atoms with Crippen molar-refractivity contribution >= 4 is 12.1 Å². The number of carbonyl (C=O) groups excluding carboxylic acids is 1. The first-order valence-corrected chi connectivity index (χ1v) is 11.1. The molecule has 2 heterocycles. The van der Waals surface area contributed by atoms with Crippen LogP contribution in [0.5, 0.6) is 11.5 Å². The average Bonchev–Trinajstić information content (AvgIpc) is 2.77. The van der Waals surface area contributed by atoms with Gasteiger partial charge in [-0.3, -0.25) is 4.90 Å². The molecule has 9 heteroatoms. The Morgan fingerprint density at radius 1 is 1.00 bits per heavy atom. The Bertz CT molecular complexity index is 1050. The number of aliphatic carboxylic acids is 1. The first kappa shape index (κ1) is 25.3. The van der Waals surface area contributed by atoms with Crippen LogP contribution in [-0.2, 0) is 35.5 Å². The van der Waals surface area contributed by atoms with Gasteiger partial charge in [-0.25, -0.2) is 9.59 Å². The fourth-order valence-corrected chi connectivity index (χ4v) is 4.00. The number of amides is 1. The highest BCUT2D eigenvalue weighted by Crippen LogP contribution is 2.28. The number of phenols is 2. The standard InChI is InChI=1S/C15H19NO5.C10H13NO2/c1-15(2,3)21-14(20)16-8-10-6-11(17)5-4-9(10)7-12(16)13(18)19;12-6-9-3-7-1-2-10(13)4-8(7)5-11-9/h4-6,12,17H,7-8H2,1-3H3,(H,18,19);1-2,4,9,11-13H,3,5-6H2. The molecule has 2 aromatic carbocycles. The molecule has 2 aromatic rings. The van der Waals surface area contributed by atoms with Gasteiger partial charge in [-0.1, -0.05) is 12.1 Å². The van der Waals surface area contributed by atoms with E-state index >= 15 is 0 Å². The van der Waals surface area contributed by atoms with Crippen LogP contribution in [-0.4, -0.2) is 61.7 Å². The fourth-order valence-electron chi connectivity index (χ4n) is 4.00. The number of carboxylic acid groups (broad SMARTS) is 1. The highest BCUT2D eigenvalue weighted by Gasteiger charge is 2.37. The van der Waals surface area contributed by atoms with Gasteiger partial charge in [0.05, 0.1) is 13.2 Å². The molecule has 4 rings (SSSR count). The summed E-state index contributed by atoms with van der Waals surface area (Å²) in [7, 11) is 0. The zero-order chi connectivity index (χ0) is 25.0. The summed E-state index contributed by atoms with van der Waals surface area (Å²) in [4.78, 5) is 24.8. The van der Waals surface area contributed by atoms with Crippen molar-refractivity contribution in [1.82, 2.24) is 10.2 Å². The van der Waals surface area contributed by atoms with E-state index in [1.54, 1.807) is 45.0 Å². The van der Waals surface area contributed by atoms with Gasteiger partial charge in [0.25, 0.3) is 0 Å². The maximum Gasteiger partial charge on any atom is 0.411 e. The van der Waals surface area contributed by atoms with E-state index in [1.165, 1.54) is 16.5 Å². The highest BCUT2D eigenvalue weighted by molar-refractivity contribution is 5.81. The molecule has 0 radical (unpaired) electrons. The highest BCUT2D eigenvalue weighted by atomic mass is 16.6. The molecule has 0 bridgehead atoms. The smallest absolute Gasteiger partial charge is 0.411 e. The van der Waals surface area contributed by atoms with Crippen LogP contribution < -0.4 is 5.32 Å². The van der Waals surface area contributed by atoms with E-state index in [0.717, 1.165) is 29.7 Å². The number of ether oxygens (including phenoxy) is 1. The lowest BCUT2D eigenvalue weighted by molar-refractivity contribution is -0.143. The molecule has 0 saturated carbocycles. The Labute approximate surface area is 198 Å². The van der Waals surface area contributed by atoms with Crippen LogP contribution in [0.2, 0.25) is 0 Å². The van der Waals surface area contributed by atoms with Crippen LogP contribution >= 0.6 is 0 Å². The molecule has 5 N–H and O–H groups in total. The number of nitrogens with zero attached hydrogens (tertiary/aromatic N) is 1. The molecule has 0 spiro atoms. The van der Waals surface area contributed by atoms with Crippen molar-refractivity contribution < 1.29 is 34.8 Å². The number of aliphatic hydroxyl groups excluding tert-OH is 1. The Morgan fingerprint density at radius 2 is 1.59 bits per heavy atom. The largest absolute Gasteiger partial charge is 0.508 e. The molecule has 34 heavy (non-hydrogen) atoms. The minimum Gasteiger partial charge on any atom is -0.508 e. The molecular formula is C25H32N2O7. The quantitative estimate of drug-likeness (QED) is 0.449. The lowest BCUT2D eigenvalue weighted by atomic mass is 9.94. The van der Waals surface area contributed by atoms with Crippen molar-refractivity contribution in [2.75, 3.05) is 6.61 Å². The second-order valence-corrected chi connectivity index (χ2v) is 9.54. The molecular weight excluding hydrogens is 440 g/mol. The number of hydrogen-bond donors (Lipinski definition) is 5. The van der Waals surface area contributed by atoms with Gasteiger partial charge >= 0.3 is 12.1 Å². The zero-order valence-electron chi connectivity index (χ0n) is 19.6. The summed E-state index contributed by atoms with van der Waals surface area (Å²) in [6.07, 6.45) is 0.375. The maximum absolute atomic E-state index is 12.2. The SMILES string of the molecule is CC(C)(C)OC(=O)N1Cc2cc(O)ccc2CC1C(=O)O.OCC1Cc2ccc(O)cc2CN1. The van der Waals surface area contributed by atoms with Gasteiger partial charge in [-0.05, 0) is 73.7 Å². The lowest BCUT2D eigenvalue weighted by Crippen LogP contribution is -2.50. The molecule has 2 aliphatic rings. The molecule has 2 aliphatic heterocycles. The molecule has 9 nitrogen and oxygen atoms in total. The van der Waals surface area contributed by atoms with Gasteiger partial charge in [0.1, 0.15) is 23.1 Å². The number of phenolic OH excluding ortho intramolecular Hbond substituents is 2. The number of carbonyl (C=O) groups is 2. The van der Waals surface area contributed by atoms with Gasteiger partial charge in [-0.2, -0.15) is 0 Å². The Morgan fingerprint density at radius 3 is 2.15 bits per heavy atom. The van der Waals surface area contributed by atoms with E-state index in [-0.39, 0.29) is 31.4 Å². The molecule has 0 aliphatic carbocycles. The monoisotopic (exact) mass is 472 g/mol. The lowest BCUT2D eigenvalue weighted by Gasteiger charge is -2.35. The number of aliphatic hydroxyl groups is 1. The molecule has 2 atom stereocenters. The molecule has 1 amide bonds. The van der Waals surface area contributed by atoms with Crippen LogP contribution in [0.15, 0.2) is 36.4 Å². The van der Waals surface area contributed by atoms with Crippen molar-refractivity contribution in [3.8, 4) is 11.5 Å². The van der Waals surface area contributed by atoms with Crippen molar-refractivity contribution in [1.29, 1.82) is 0 Å². The minimum atomic E-state index is -1.07. The Hall–Kier alpha value is -3.30. The molecule has 184 valence electrons. The van der Waals surface area contributed by atoms with Crippen LogP contribution in [0.25, 0.3) is 0 Å². The summed E-state index contributed by atoms with van der Waals surface area (Å²) < 4.78 is 5.26. The van der Waals surface area contributed by atoms with Crippen molar-refractivity contribution in [2.45, 2.75) is 64.4 Å². The number of rotatable bonds is 2. The summed E-state index contributed by atoms with van der Waals surface area (Å²) in [6, 6.07) is 9.34. The number of hydrogen-bond acceptors (Lipinski definition) is 7. The van der Waals surface area contributed by atoms with E-state index in [9.17, 15) is 24.9 Å². The van der Waals surface area contributed by atoms with Crippen molar-refractivity contribution in [3.05, 3.63) is 58.7 Å². The second kappa shape index (κ2) is 10.3. The van der Waals surface area contributed by atoms with E-state index in [2.05, 4.69) is 5.32 Å². The number of carboxylic acids is 1. The van der Waals surface area contributed by atoms with Gasteiger partial charge in [-0.15, -0.1) is 0 Å². The Balaban J connectivity index is 0.000000212.